The highest BCUT2D eigenvalue weighted by Crippen LogP contribution is 2.31. The van der Waals surface area contributed by atoms with Crippen molar-refractivity contribution in [3.8, 4) is 5.69 Å². The highest BCUT2D eigenvalue weighted by molar-refractivity contribution is 7.89. The normalized spacial score (nSPS) is 11.9. The molecule has 0 fully saturated rings. The molecule has 146 valence electrons. The van der Waals surface area contributed by atoms with E-state index >= 15 is 0 Å². The molecule has 0 atom stereocenters. The minimum absolute atomic E-state index is 0.151. The number of para-hydroxylation sites is 2. The molecule has 4 aromatic rings. The number of aromatic nitrogens is 1. The van der Waals surface area contributed by atoms with Crippen LogP contribution in [0.2, 0.25) is 5.15 Å². The van der Waals surface area contributed by atoms with Crippen molar-refractivity contribution >= 4 is 38.7 Å². The van der Waals surface area contributed by atoms with Crippen LogP contribution < -0.4 is 4.83 Å². The van der Waals surface area contributed by atoms with Gasteiger partial charge in [-0.3, -0.25) is 4.57 Å². The maximum Gasteiger partial charge on any atom is 0.276 e. The van der Waals surface area contributed by atoms with E-state index in [4.69, 9.17) is 11.6 Å². The number of rotatable bonds is 5. The first-order valence-corrected chi connectivity index (χ1v) is 10.8. The molecule has 3 aromatic carbocycles. The van der Waals surface area contributed by atoms with Crippen LogP contribution in [0.5, 0.6) is 0 Å². The quantitative estimate of drug-likeness (QED) is 0.366. The maximum atomic E-state index is 12.4. The molecule has 0 saturated carbocycles. The number of aryl methyl sites for hydroxylation is 1. The zero-order valence-corrected chi connectivity index (χ0v) is 17.2. The third-order valence-electron chi connectivity index (χ3n) is 4.57. The average molecular weight is 424 g/mol. The number of hydrogen-bond donors (Lipinski definition) is 1. The summed E-state index contributed by atoms with van der Waals surface area (Å²) in [5, 5.41) is 5.30. The molecular weight excluding hydrogens is 406 g/mol. The molecule has 0 aliphatic heterocycles. The second kappa shape index (κ2) is 7.73. The minimum Gasteiger partial charge on any atom is -0.300 e. The molecule has 7 heteroatoms. The van der Waals surface area contributed by atoms with Crippen LogP contribution in [0.4, 0.5) is 0 Å². The van der Waals surface area contributed by atoms with Crippen LogP contribution in [0.25, 0.3) is 16.6 Å². The van der Waals surface area contributed by atoms with Crippen molar-refractivity contribution in [3.63, 3.8) is 0 Å². The maximum absolute atomic E-state index is 12.4. The van der Waals surface area contributed by atoms with Gasteiger partial charge in [-0.15, -0.1) is 0 Å². The summed E-state index contributed by atoms with van der Waals surface area (Å²) in [4.78, 5) is 2.41. The number of hydrazone groups is 1. The van der Waals surface area contributed by atoms with Gasteiger partial charge >= 0.3 is 0 Å². The molecular formula is C22H18ClN3O2S. The zero-order chi connectivity index (χ0) is 20.4. The molecule has 0 aliphatic rings. The van der Waals surface area contributed by atoms with E-state index in [0.29, 0.717) is 10.7 Å². The summed E-state index contributed by atoms with van der Waals surface area (Å²) in [6.07, 6.45) is 1.44. The van der Waals surface area contributed by atoms with Crippen LogP contribution in [-0.2, 0) is 10.0 Å². The number of nitrogens with one attached hydrogen (secondary N) is 1. The van der Waals surface area contributed by atoms with Crippen LogP contribution >= 0.6 is 11.6 Å². The standard InChI is InChI=1S/C22H18ClN3O2S/c1-16-11-13-18(14-12-16)29(27,28)25-24-15-20-19-9-5-6-10-21(19)26(22(20)23)17-7-3-2-4-8-17/h2-15,25H,1H3/b24-15+. The van der Waals surface area contributed by atoms with Crippen molar-refractivity contribution in [1.29, 1.82) is 0 Å². The Morgan fingerprint density at radius 3 is 2.31 bits per heavy atom. The molecule has 0 aliphatic carbocycles. The predicted molar refractivity (Wildman–Crippen MR) is 117 cm³/mol. The lowest BCUT2D eigenvalue weighted by atomic mass is 10.2. The van der Waals surface area contributed by atoms with Crippen molar-refractivity contribution in [2.24, 2.45) is 5.10 Å². The molecule has 29 heavy (non-hydrogen) atoms. The number of sulfonamides is 1. The molecule has 0 spiro atoms. The molecule has 5 nitrogen and oxygen atoms in total. The molecule has 0 unspecified atom stereocenters. The van der Waals surface area contributed by atoms with E-state index in [1.54, 1.807) is 24.3 Å². The fraction of sp³-hybridized carbons (Fsp3) is 0.0455. The number of fused-ring (bicyclic) bond motifs is 1. The van der Waals surface area contributed by atoms with Crippen molar-refractivity contribution in [1.82, 2.24) is 9.40 Å². The Labute approximate surface area is 174 Å². The van der Waals surface area contributed by atoms with Gasteiger partial charge in [0, 0.05) is 16.6 Å². The van der Waals surface area contributed by atoms with Gasteiger partial charge in [0.05, 0.1) is 16.6 Å². The second-order valence-electron chi connectivity index (χ2n) is 6.56. The van der Waals surface area contributed by atoms with Gasteiger partial charge < -0.3 is 0 Å². The Hall–Kier alpha value is -3.09. The Balaban J connectivity index is 1.72. The van der Waals surface area contributed by atoms with Gasteiger partial charge in [-0.2, -0.15) is 13.5 Å². The van der Waals surface area contributed by atoms with E-state index in [9.17, 15) is 8.42 Å². The number of hydrogen-bond acceptors (Lipinski definition) is 3. The molecule has 0 amide bonds. The number of benzene rings is 3. The Morgan fingerprint density at radius 1 is 0.931 bits per heavy atom. The van der Waals surface area contributed by atoms with E-state index in [2.05, 4.69) is 9.93 Å². The lowest BCUT2D eigenvalue weighted by Gasteiger charge is -2.06. The fourth-order valence-electron chi connectivity index (χ4n) is 3.12. The Bertz CT molecular complexity index is 1300. The van der Waals surface area contributed by atoms with Gasteiger partial charge in [-0.05, 0) is 37.3 Å². The number of nitrogens with zero attached hydrogens (tertiary/aromatic N) is 2. The van der Waals surface area contributed by atoms with Crippen molar-refractivity contribution in [2.75, 3.05) is 0 Å². The summed E-state index contributed by atoms with van der Waals surface area (Å²) in [7, 11) is -3.76. The highest BCUT2D eigenvalue weighted by atomic mass is 35.5. The third-order valence-corrected chi connectivity index (χ3v) is 6.18. The third kappa shape index (κ3) is 3.77. The summed E-state index contributed by atoms with van der Waals surface area (Å²) in [6, 6.07) is 24.0. The zero-order valence-electron chi connectivity index (χ0n) is 15.6. The van der Waals surface area contributed by atoms with Crippen LogP contribution in [0, 0.1) is 6.92 Å². The van der Waals surface area contributed by atoms with Crippen LogP contribution in [-0.4, -0.2) is 19.2 Å². The molecule has 4 rings (SSSR count). The summed E-state index contributed by atoms with van der Waals surface area (Å²) in [6.45, 7) is 1.90. The molecule has 0 saturated heterocycles. The summed E-state index contributed by atoms with van der Waals surface area (Å²) < 4.78 is 26.8. The molecule has 1 aromatic heterocycles. The lowest BCUT2D eigenvalue weighted by Crippen LogP contribution is -2.18. The fourth-order valence-corrected chi connectivity index (χ4v) is 4.25. The average Bonchev–Trinajstić information content (AvgIpc) is 3.00. The summed E-state index contributed by atoms with van der Waals surface area (Å²) >= 11 is 6.67. The largest absolute Gasteiger partial charge is 0.300 e. The Kier molecular flexibility index (Phi) is 5.13. The van der Waals surface area contributed by atoms with E-state index in [-0.39, 0.29) is 4.90 Å². The van der Waals surface area contributed by atoms with Gasteiger partial charge in [-0.1, -0.05) is 65.7 Å². The topological polar surface area (TPSA) is 63.5 Å². The van der Waals surface area contributed by atoms with E-state index in [0.717, 1.165) is 22.2 Å². The van der Waals surface area contributed by atoms with Crippen molar-refractivity contribution in [3.05, 3.63) is 95.1 Å². The van der Waals surface area contributed by atoms with Crippen LogP contribution in [0.15, 0.2) is 88.9 Å². The van der Waals surface area contributed by atoms with Crippen LogP contribution in [0.3, 0.4) is 0 Å². The molecule has 0 radical (unpaired) electrons. The minimum atomic E-state index is -3.76. The first-order chi connectivity index (χ1) is 14.0. The van der Waals surface area contributed by atoms with Gasteiger partial charge in [0.1, 0.15) is 5.15 Å². The SMILES string of the molecule is Cc1ccc(S(=O)(=O)N/N=C/c2c(Cl)n(-c3ccccc3)c3ccccc23)cc1. The van der Waals surface area contributed by atoms with Gasteiger partial charge in [0.15, 0.2) is 0 Å². The molecule has 1 heterocycles. The van der Waals surface area contributed by atoms with E-state index in [1.807, 2.05) is 66.1 Å². The first-order valence-electron chi connectivity index (χ1n) is 8.93. The van der Waals surface area contributed by atoms with Gasteiger partial charge in [0.2, 0.25) is 0 Å². The smallest absolute Gasteiger partial charge is 0.276 e. The van der Waals surface area contributed by atoms with E-state index < -0.39 is 10.0 Å². The first kappa shape index (κ1) is 19.2. The second-order valence-corrected chi connectivity index (χ2v) is 8.58. The van der Waals surface area contributed by atoms with Crippen molar-refractivity contribution < 1.29 is 8.42 Å². The van der Waals surface area contributed by atoms with Crippen molar-refractivity contribution in [2.45, 2.75) is 11.8 Å². The van der Waals surface area contributed by atoms with Gasteiger partial charge in [-0.25, -0.2) is 4.83 Å². The number of halogens is 1. The summed E-state index contributed by atoms with van der Waals surface area (Å²) in [5.41, 5.74) is 3.44. The van der Waals surface area contributed by atoms with E-state index in [1.165, 1.54) is 6.21 Å². The molecule has 1 N–H and O–H groups in total. The molecule has 0 bridgehead atoms. The highest BCUT2D eigenvalue weighted by Gasteiger charge is 2.16. The lowest BCUT2D eigenvalue weighted by molar-refractivity contribution is 0.584. The summed E-state index contributed by atoms with van der Waals surface area (Å²) in [5.74, 6) is 0. The van der Waals surface area contributed by atoms with Gasteiger partial charge in [0.25, 0.3) is 10.0 Å². The predicted octanol–water partition coefficient (Wildman–Crippen LogP) is 4.90. The van der Waals surface area contributed by atoms with Crippen LogP contribution in [0.1, 0.15) is 11.1 Å². The Morgan fingerprint density at radius 2 is 1.59 bits per heavy atom. The monoisotopic (exact) mass is 423 g/mol.